The highest BCUT2D eigenvalue weighted by Crippen LogP contribution is 2.31. The van der Waals surface area contributed by atoms with Crippen LogP contribution in [0.2, 0.25) is 5.02 Å². The van der Waals surface area contributed by atoms with Crippen molar-refractivity contribution in [1.82, 2.24) is 0 Å². The van der Waals surface area contributed by atoms with Crippen LogP contribution in [0.5, 0.6) is 5.75 Å². The first-order valence-corrected chi connectivity index (χ1v) is 7.64. The third-order valence-corrected chi connectivity index (χ3v) is 3.77. The maximum atomic E-state index is 13.7. The van der Waals surface area contributed by atoms with Crippen LogP contribution in [-0.4, -0.2) is 0 Å². The number of ether oxygens (including phenoxy) is 1. The highest BCUT2D eigenvalue weighted by atomic mass is 79.9. The van der Waals surface area contributed by atoms with E-state index >= 15 is 0 Å². The Kier molecular flexibility index (Phi) is 5.34. The van der Waals surface area contributed by atoms with E-state index in [1.165, 1.54) is 0 Å². The molecule has 0 heterocycles. The quantitative estimate of drug-likeness (QED) is 0.456. The minimum absolute atomic E-state index is 0.0449. The number of hydrogen-bond acceptors (Lipinski definition) is 1. The predicted octanol–water partition coefficient (Wildman–Crippen LogP) is 5.97. The van der Waals surface area contributed by atoms with E-state index < -0.39 is 17.6 Å². The summed E-state index contributed by atoms with van der Waals surface area (Å²) in [7, 11) is 0. The normalized spacial score (nSPS) is 11.5. The monoisotopic (exact) mass is 396 g/mol. The molecule has 2 aromatic carbocycles. The van der Waals surface area contributed by atoms with Gasteiger partial charge in [0.05, 0.1) is 5.56 Å². The van der Waals surface area contributed by atoms with Gasteiger partial charge in [0.2, 0.25) is 0 Å². The van der Waals surface area contributed by atoms with Crippen LogP contribution in [0.25, 0.3) is 0 Å². The zero-order valence-corrected chi connectivity index (χ0v) is 13.4. The van der Waals surface area contributed by atoms with Crippen molar-refractivity contribution in [3.05, 3.63) is 63.9 Å². The van der Waals surface area contributed by atoms with Gasteiger partial charge < -0.3 is 4.74 Å². The highest BCUT2D eigenvalue weighted by Gasteiger charge is 2.31. The van der Waals surface area contributed by atoms with E-state index in [4.69, 9.17) is 16.3 Å². The van der Waals surface area contributed by atoms with Gasteiger partial charge in [-0.3, -0.25) is 0 Å². The van der Waals surface area contributed by atoms with Crippen molar-refractivity contribution in [2.45, 2.75) is 18.1 Å². The summed E-state index contributed by atoms with van der Waals surface area (Å²) in [5.41, 5.74) is -0.218. The molecule has 0 aliphatic rings. The van der Waals surface area contributed by atoms with Gasteiger partial charge in [-0.1, -0.05) is 33.6 Å². The van der Waals surface area contributed by atoms with Crippen molar-refractivity contribution in [3.63, 3.8) is 0 Å². The summed E-state index contributed by atoms with van der Waals surface area (Å²) in [5, 5.41) is 1.01. The summed E-state index contributed by atoms with van der Waals surface area (Å²) in [6.07, 6.45) is -4.57. The van der Waals surface area contributed by atoms with E-state index in [9.17, 15) is 17.6 Å². The Morgan fingerprint density at radius 1 is 1.05 bits per heavy atom. The molecule has 118 valence electrons. The van der Waals surface area contributed by atoms with Gasteiger partial charge in [-0.2, -0.15) is 13.2 Å². The summed E-state index contributed by atoms with van der Waals surface area (Å²) in [4.78, 5) is 0. The third-order valence-electron chi connectivity index (χ3n) is 2.93. The first-order valence-electron chi connectivity index (χ1n) is 6.14. The fraction of sp³-hybridized carbons (Fsp3) is 0.200. The molecular formula is C15H10BrClF4O. The van der Waals surface area contributed by atoms with E-state index in [1.54, 1.807) is 18.2 Å². The molecule has 0 unspecified atom stereocenters. The summed E-state index contributed by atoms with van der Waals surface area (Å²) >= 11 is 9.13. The van der Waals surface area contributed by atoms with Gasteiger partial charge >= 0.3 is 6.18 Å². The lowest BCUT2D eigenvalue weighted by Gasteiger charge is -2.12. The van der Waals surface area contributed by atoms with Crippen LogP contribution in [0, 0.1) is 5.82 Å². The molecule has 0 radical (unpaired) electrons. The highest BCUT2D eigenvalue weighted by molar-refractivity contribution is 9.08. The Morgan fingerprint density at radius 3 is 2.36 bits per heavy atom. The number of halogens is 6. The molecule has 2 aromatic rings. The average Bonchev–Trinajstić information content (AvgIpc) is 2.45. The van der Waals surface area contributed by atoms with Crippen molar-refractivity contribution in [2.75, 3.05) is 0 Å². The molecule has 0 saturated carbocycles. The molecule has 0 aliphatic carbocycles. The van der Waals surface area contributed by atoms with Gasteiger partial charge in [-0.15, -0.1) is 0 Å². The first kappa shape index (κ1) is 17.1. The second-order valence-corrected chi connectivity index (χ2v) is 5.48. The van der Waals surface area contributed by atoms with E-state index in [-0.39, 0.29) is 12.2 Å². The second kappa shape index (κ2) is 6.87. The molecule has 7 heteroatoms. The first-order chi connectivity index (χ1) is 10.3. The Labute approximate surface area is 138 Å². The topological polar surface area (TPSA) is 9.23 Å². The third kappa shape index (κ3) is 4.14. The molecule has 0 N–H and O–H groups in total. The SMILES string of the molecule is Fc1cc(C(F)(F)F)ccc1COc1ccc(Cl)cc1CBr. The average molecular weight is 398 g/mol. The number of hydrogen-bond donors (Lipinski definition) is 0. The fourth-order valence-electron chi connectivity index (χ4n) is 1.79. The van der Waals surface area contributed by atoms with Crippen molar-refractivity contribution in [1.29, 1.82) is 0 Å². The van der Waals surface area contributed by atoms with E-state index in [0.717, 1.165) is 17.7 Å². The van der Waals surface area contributed by atoms with E-state index in [2.05, 4.69) is 15.9 Å². The molecule has 22 heavy (non-hydrogen) atoms. The van der Waals surface area contributed by atoms with Gasteiger partial charge in [-0.25, -0.2) is 4.39 Å². The van der Waals surface area contributed by atoms with Gasteiger partial charge in [-0.05, 0) is 30.3 Å². The molecule has 0 saturated heterocycles. The van der Waals surface area contributed by atoms with Crippen LogP contribution in [0.1, 0.15) is 16.7 Å². The summed E-state index contributed by atoms with van der Waals surface area (Å²) < 4.78 is 56.6. The Morgan fingerprint density at radius 2 is 1.77 bits per heavy atom. The largest absolute Gasteiger partial charge is 0.488 e. The molecule has 0 aliphatic heterocycles. The summed E-state index contributed by atoms with van der Waals surface area (Å²) in [6.45, 7) is -0.175. The number of rotatable bonds is 4. The molecule has 0 atom stereocenters. The van der Waals surface area contributed by atoms with Crippen molar-refractivity contribution >= 4 is 27.5 Å². The standard InChI is InChI=1S/C15H10BrClF4O/c16-7-10-5-12(17)3-4-14(10)22-8-9-1-2-11(6-13(9)18)15(19,20)21/h1-6H,7-8H2. The van der Waals surface area contributed by atoms with Crippen molar-refractivity contribution in [3.8, 4) is 5.75 Å². The molecule has 0 amide bonds. The minimum atomic E-state index is -4.57. The van der Waals surface area contributed by atoms with Crippen LogP contribution in [0.3, 0.4) is 0 Å². The Hall–Kier alpha value is -1.27. The zero-order chi connectivity index (χ0) is 16.3. The lowest BCUT2D eigenvalue weighted by Crippen LogP contribution is -2.07. The number of alkyl halides is 4. The fourth-order valence-corrected chi connectivity index (χ4v) is 2.42. The maximum absolute atomic E-state index is 13.7. The molecule has 0 spiro atoms. The van der Waals surface area contributed by atoms with Gasteiger partial charge in [0.15, 0.2) is 0 Å². The second-order valence-electron chi connectivity index (χ2n) is 4.48. The molecular weight excluding hydrogens is 388 g/mol. The van der Waals surface area contributed by atoms with E-state index in [1.807, 2.05) is 0 Å². The molecule has 1 nitrogen and oxygen atoms in total. The van der Waals surface area contributed by atoms with Crippen LogP contribution in [-0.2, 0) is 18.1 Å². The van der Waals surface area contributed by atoms with Gasteiger partial charge in [0, 0.05) is 21.5 Å². The predicted molar refractivity (Wildman–Crippen MR) is 79.8 cm³/mol. The lowest BCUT2D eigenvalue weighted by atomic mass is 10.1. The molecule has 2 rings (SSSR count). The lowest BCUT2D eigenvalue weighted by molar-refractivity contribution is -0.137. The van der Waals surface area contributed by atoms with Crippen LogP contribution >= 0.6 is 27.5 Å². The number of benzene rings is 2. The summed E-state index contributed by atoms with van der Waals surface area (Å²) in [6, 6.07) is 7.30. The molecule has 0 fully saturated rings. The Balaban J connectivity index is 2.15. The van der Waals surface area contributed by atoms with Crippen LogP contribution in [0.15, 0.2) is 36.4 Å². The molecule has 0 bridgehead atoms. The zero-order valence-electron chi connectivity index (χ0n) is 11.1. The van der Waals surface area contributed by atoms with Gasteiger partial charge in [0.1, 0.15) is 18.2 Å². The summed E-state index contributed by atoms with van der Waals surface area (Å²) in [5.74, 6) is -0.468. The van der Waals surface area contributed by atoms with Crippen molar-refractivity contribution in [2.24, 2.45) is 0 Å². The van der Waals surface area contributed by atoms with Crippen LogP contribution < -0.4 is 4.74 Å². The Bertz CT molecular complexity index is 673. The molecule has 0 aromatic heterocycles. The maximum Gasteiger partial charge on any atom is 0.416 e. The van der Waals surface area contributed by atoms with Crippen LogP contribution in [0.4, 0.5) is 17.6 Å². The van der Waals surface area contributed by atoms with E-state index in [0.29, 0.717) is 22.2 Å². The van der Waals surface area contributed by atoms with Crippen molar-refractivity contribution < 1.29 is 22.3 Å². The minimum Gasteiger partial charge on any atom is -0.488 e. The van der Waals surface area contributed by atoms with Gasteiger partial charge in [0.25, 0.3) is 0 Å². The smallest absolute Gasteiger partial charge is 0.416 e.